The molecule has 8 heteroatoms. The summed E-state index contributed by atoms with van der Waals surface area (Å²) in [6.45, 7) is 0.582. The van der Waals surface area contributed by atoms with Gasteiger partial charge in [0, 0.05) is 11.5 Å². The van der Waals surface area contributed by atoms with Gasteiger partial charge in [-0.2, -0.15) is 0 Å². The molecule has 2 fully saturated rings. The molecular formula is C23H20F3N3O2. The van der Waals surface area contributed by atoms with Gasteiger partial charge in [0.15, 0.2) is 0 Å². The molecule has 1 atom stereocenters. The van der Waals surface area contributed by atoms with Gasteiger partial charge >= 0.3 is 0 Å². The lowest BCUT2D eigenvalue weighted by Gasteiger charge is -2.36. The molecule has 31 heavy (non-hydrogen) atoms. The Morgan fingerprint density at radius 2 is 1.74 bits per heavy atom. The molecule has 1 saturated heterocycles. The van der Waals surface area contributed by atoms with E-state index in [9.17, 15) is 22.8 Å². The maximum atomic E-state index is 14.4. The van der Waals surface area contributed by atoms with Crippen molar-refractivity contribution in [3.05, 3.63) is 59.4 Å². The Kier molecular flexibility index (Phi) is 4.81. The molecule has 2 aromatic carbocycles. The third-order valence-electron chi connectivity index (χ3n) is 6.26. The highest BCUT2D eigenvalue weighted by atomic mass is 19.1. The maximum absolute atomic E-state index is 14.4. The first kappa shape index (κ1) is 19.8. The third kappa shape index (κ3) is 3.61. The van der Waals surface area contributed by atoms with Crippen molar-refractivity contribution in [2.45, 2.75) is 31.2 Å². The minimum Gasteiger partial charge on any atom is -0.352 e. The molecule has 3 aromatic rings. The van der Waals surface area contributed by atoms with Crippen LogP contribution in [0.25, 0.3) is 22.2 Å². The monoisotopic (exact) mass is 427 g/mol. The number of imide groups is 1. The number of amides is 2. The van der Waals surface area contributed by atoms with Crippen molar-refractivity contribution in [3.8, 4) is 11.3 Å². The molecule has 2 heterocycles. The molecule has 0 spiro atoms. The zero-order valence-corrected chi connectivity index (χ0v) is 16.5. The van der Waals surface area contributed by atoms with Crippen LogP contribution in [-0.4, -0.2) is 29.4 Å². The summed E-state index contributed by atoms with van der Waals surface area (Å²) in [7, 11) is 0. The summed E-state index contributed by atoms with van der Waals surface area (Å²) in [5.74, 6) is -1.92. The number of hydrogen-bond acceptors (Lipinski definition) is 3. The normalized spacial score (nSPS) is 23.3. The van der Waals surface area contributed by atoms with Gasteiger partial charge in [-0.3, -0.25) is 14.9 Å². The largest absolute Gasteiger partial charge is 0.352 e. The smallest absolute Gasteiger partial charge is 0.244 e. The molecule has 5 nitrogen and oxygen atoms in total. The molecular weight excluding hydrogens is 407 g/mol. The van der Waals surface area contributed by atoms with Gasteiger partial charge < -0.3 is 10.3 Å². The first-order chi connectivity index (χ1) is 14.9. The number of H-pyrrole nitrogens is 1. The van der Waals surface area contributed by atoms with E-state index in [1.807, 2.05) is 0 Å². The highest BCUT2D eigenvalue weighted by molar-refractivity contribution is 6.05. The standard InChI is InChI=1S/C23H20F3N3O2/c24-14-3-1-12(2-4-14)21-20(16-7-15(25)8-17(26)22(16)29-21)13-5-11(6-13)10-27-18-9-19(30)28-23(18)31/h1-4,7-8,11,13,18,27,29H,5-6,9-10H2,(H,28,30,31)/t11-,13-,18?. The van der Waals surface area contributed by atoms with Crippen LogP contribution in [0.1, 0.15) is 30.7 Å². The van der Waals surface area contributed by atoms with Gasteiger partial charge in [0.2, 0.25) is 11.8 Å². The summed E-state index contributed by atoms with van der Waals surface area (Å²) in [5, 5.41) is 5.91. The lowest BCUT2D eigenvalue weighted by Crippen LogP contribution is -2.41. The van der Waals surface area contributed by atoms with Crippen LogP contribution in [0.4, 0.5) is 13.2 Å². The van der Waals surface area contributed by atoms with Crippen molar-refractivity contribution in [1.82, 2.24) is 15.6 Å². The van der Waals surface area contributed by atoms with Gasteiger partial charge in [0.25, 0.3) is 0 Å². The van der Waals surface area contributed by atoms with E-state index in [0.29, 0.717) is 23.2 Å². The number of benzene rings is 2. The SMILES string of the molecule is O=C1CC(NC[C@H]2C[C@H](c3c(-c4ccc(F)cc4)[nH]c4c(F)cc(F)cc43)C2)C(=O)N1. The van der Waals surface area contributed by atoms with Crippen LogP contribution in [0.3, 0.4) is 0 Å². The number of carbonyl (C=O) groups excluding carboxylic acids is 2. The van der Waals surface area contributed by atoms with Gasteiger partial charge in [-0.25, -0.2) is 13.2 Å². The van der Waals surface area contributed by atoms with Gasteiger partial charge in [0.1, 0.15) is 17.5 Å². The van der Waals surface area contributed by atoms with E-state index in [1.54, 1.807) is 12.1 Å². The van der Waals surface area contributed by atoms with E-state index < -0.39 is 17.7 Å². The topological polar surface area (TPSA) is 74.0 Å². The summed E-state index contributed by atoms with van der Waals surface area (Å²) >= 11 is 0. The molecule has 1 aliphatic heterocycles. The van der Waals surface area contributed by atoms with Crippen molar-refractivity contribution < 1.29 is 22.8 Å². The van der Waals surface area contributed by atoms with Crippen LogP contribution >= 0.6 is 0 Å². The molecule has 5 rings (SSSR count). The molecule has 1 unspecified atom stereocenters. The number of aromatic nitrogens is 1. The average Bonchev–Trinajstić information content (AvgIpc) is 3.21. The average molecular weight is 427 g/mol. The Hall–Kier alpha value is -3.13. The van der Waals surface area contributed by atoms with Crippen molar-refractivity contribution in [2.24, 2.45) is 5.92 Å². The summed E-state index contributed by atoms with van der Waals surface area (Å²) in [6.07, 6.45) is 1.69. The van der Waals surface area contributed by atoms with Crippen molar-refractivity contribution >= 4 is 22.7 Å². The Balaban J connectivity index is 1.40. The number of nitrogens with one attached hydrogen (secondary N) is 3. The molecule has 2 aliphatic rings. The van der Waals surface area contributed by atoms with Crippen LogP contribution in [0, 0.1) is 23.4 Å². The first-order valence-corrected chi connectivity index (χ1v) is 10.2. The lowest BCUT2D eigenvalue weighted by atomic mass is 9.70. The Morgan fingerprint density at radius 3 is 2.42 bits per heavy atom. The predicted octanol–water partition coefficient (Wildman–Crippen LogP) is 3.75. The molecule has 160 valence electrons. The van der Waals surface area contributed by atoms with E-state index in [0.717, 1.165) is 24.5 Å². The van der Waals surface area contributed by atoms with Crippen molar-refractivity contribution in [1.29, 1.82) is 0 Å². The summed E-state index contributed by atoms with van der Waals surface area (Å²) in [5.41, 5.74) is 2.43. The molecule has 2 amide bonds. The third-order valence-corrected chi connectivity index (χ3v) is 6.26. The Labute approximate surface area is 176 Å². The van der Waals surface area contributed by atoms with E-state index in [4.69, 9.17) is 0 Å². The second-order valence-corrected chi connectivity index (χ2v) is 8.34. The van der Waals surface area contributed by atoms with Crippen LogP contribution in [-0.2, 0) is 9.59 Å². The number of rotatable bonds is 5. The second-order valence-electron chi connectivity index (χ2n) is 8.34. The second kappa shape index (κ2) is 7.53. The summed E-state index contributed by atoms with van der Waals surface area (Å²) < 4.78 is 41.8. The van der Waals surface area contributed by atoms with Crippen LogP contribution in [0.15, 0.2) is 36.4 Å². The number of aromatic amines is 1. The Bertz CT molecular complexity index is 1180. The lowest BCUT2D eigenvalue weighted by molar-refractivity contribution is -0.125. The van der Waals surface area contributed by atoms with Gasteiger partial charge in [-0.05, 0) is 72.7 Å². The van der Waals surface area contributed by atoms with Crippen LogP contribution < -0.4 is 10.6 Å². The van der Waals surface area contributed by atoms with Crippen molar-refractivity contribution in [3.63, 3.8) is 0 Å². The number of carbonyl (C=O) groups is 2. The van der Waals surface area contributed by atoms with E-state index in [1.165, 1.54) is 18.2 Å². The molecule has 0 radical (unpaired) electrons. The van der Waals surface area contributed by atoms with E-state index in [2.05, 4.69) is 15.6 Å². The fourth-order valence-corrected chi connectivity index (χ4v) is 4.67. The number of halogens is 3. The summed E-state index contributed by atoms with van der Waals surface area (Å²) in [4.78, 5) is 26.1. The predicted molar refractivity (Wildman–Crippen MR) is 109 cm³/mol. The number of hydrogen-bond donors (Lipinski definition) is 3. The highest BCUT2D eigenvalue weighted by Crippen LogP contribution is 2.48. The molecule has 0 bridgehead atoms. The Morgan fingerprint density at radius 1 is 1.00 bits per heavy atom. The fourth-order valence-electron chi connectivity index (χ4n) is 4.67. The minimum atomic E-state index is -0.668. The first-order valence-electron chi connectivity index (χ1n) is 10.2. The molecule has 1 aromatic heterocycles. The maximum Gasteiger partial charge on any atom is 0.244 e. The van der Waals surface area contributed by atoms with Gasteiger partial charge in [0.05, 0.1) is 23.7 Å². The molecule has 1 aliphatic carbocycles. The minimum absolute atomic E-state index is 0.0702. The fraction of sp³-hybridized carbons (Fsp3) is 0.304. The summed E-state index contributed by atoms with van der Waals surface area (Å²) in [6, 6.07) is 7.58. The van der Waals surface area contributed by atoms with Crippen molar-refractivity contribution in [2.75, 3.05) is 6.54 Å². The van der Waals surface area contributed by atoms with E-state index in [-0.39, 0.29) is 41.4 Å². The van der Waals surface area contributed by atoms with Gasteiger partial charge in [-0.15, -0.1) is 0 Å². The zero-order chi connectivity index (χ0) is 21.7. The van der Waals surface area contributed by atoms with Crippen LogP contribution in [0.5, 0.6) is 0 Å². The molecule has 1 saturated carbocycles. The molecule has 3 N–H and O–H groups in total. The van der Waals surface area contributed by atoms with Crippen LogP contribution in [0.2, 0.25) is 0 Å². The highest BCUT2D eigenvalue weighted by Gasteiger charge is 2.36. The quantitative estimate of drug-likeness (QED) is 0.543. The zero-order valence-electron chi connectivity index (χ0n) is 16.5. The van der Waals surface area contributed by atoms with E-state index >= 15 is 0 Å². The number of fused-ring (bicyclic) bond motifs is 1. The van der Waals surface area contributed by atoms with Gasteiger partial charge in [-0.1, -0.05) is 0 Å².